The highest BCUT2D eigenvalue weighted by atomic mass is 32.2. The number of aryl methyl sites for hydroxylation is 1. The highest BCUT2D eigenvalue weighted by molar-refractivity contribution is 7.89. The first-order chi connectivity index (χ1) is 11.1. The number of piperidine rings is 1. The summed E-state index contributed by atoms with van der Waals surface area (Å²) in [4.78, 5) is 4.17. The van der Waals surface area contributed by atoms with Gasteiger partial charge in [-0.1, -0.05) is 13.3 Å². The zero-order chi connectivity index (χ0) is 16.3. The van der Waals surface area contributed by atoms with E-state index in [9.17, 15) is 8.42 Å². The van der Waals surface area contributed by atoms with Gasteiger partial charge in [-0.05, 0) is 31.4 Å². The molecular weight excluding hydrogens is 314 g/mol. The maximum atomic E-state index is 13.0. The molecule has 2 aromatic heterocycles. The van der Waals surface area contributed by atoms with Crippen LogP contribution in [0.15, 0.2) is 35.7 Å². The standard InChI is InChI=1S/C15H21N5O2S/c1-2-9-19-12-17-18-15(19)14-7-3-4-10-20(14)23(21,22)13-6-5-8-16-11-13/h5-6,8,11-12,14H,2-4,7,9-10H2,1H3/t14-/m0/s1. The predicted octanol–water partition coefficient (Wildman–Crippen LogP) is 2.00. The SMILES string of the molecule is CCCn1cnnc1[C@@H]1CCCCN1S(=O)(=O)c1cccnc1. The summed E-state index contributed by atoms with van der Waals surface area (Å²) >= 11 is 0. The first kappa shape index (κ1) is 16.1. The summed E-state index contributed by atoms with van der Waals surface area (Å²) in [5.74, 6) is 0.735. The molecule has 8 heteroatoms. The Kier molecular flexibility index (Phi) is 4.72. The van der Waals surface area contributed by atoms with E-state index in [-0.39, 0.29) is 10.9 Å². The largest absolute Gasteiger partial charge is 0.316 e. The number of nitrogens with zero attached hydrogens (tertiary/aromatic N) is 5. The van der Waals surface area contributed by atoms with Gasteiger partial charge in [0.05, 0.1) is 6.04 Å². The smallest absolute Gasteiger partial charge is 0.245 e. The number of rotatable bonds is 5. The van der Waals surface area contributed by atoms with Crippen LogP contribution in [0, 0.1) is 0 Å². The van der Waals surface area contributed by atoms with Gasteiger partial charge in [0.1, 0.15) is 11.2 Å². The Labute approximate surface area is 136 Å². The molecule has 1 fully saturated rings. The molecule has 0 unspecified atom stereocenters. The minimum Gasteiger partial charge on any atom is -0.316 e. The molecule has 0 spiro atoms. The Balaban J connectivity index is 1.97. The Morgan fingerprint density at radius 1 is 1.35 bits per heavy atom. The van der Waals surface area contributed by atoms with Crippen LogP contribution < -0.4 is 0 Å². The van der Waals surface area contributed by atoms with Crippen LogP contribution in [-0.2, 0) is 16.6 Å². The fourth-order valence-electron chi connectivity index (χ4n) is 3.02. The molecule has 0 aromatic carbocycles. The van der Waals surface area contributed by atoms with E-state index >= 15 is 0 Å². The summed E-state index contributed by atoms with van der Waals surface area (Å²) in [6.07, 6.45) is 8.22. The van der Waals surface area contributed by atoms with Gasteiger partial charge in [-0.25, -0.2) is 8.42 Å². The van der Waals surface area contributed by atoms with Crippen molar-refractivity contribution in [2.75, 3.05) is 6.54 Å². The van der Waals surface area contributed by atoms with E-state index in [4.69, 9.17) is 0 Å². The molecule has 7 nitrogen and oxygen atoms in total. The quantitative estimate of drug-likeness (QED) is 0.835. The van der Waals surface area contributed by atoms with Crippen LogP contribution in [0.4, 0.5) is 0 Å². The third kappa shape index (κ3) is 3.13. The minimum absolute atomic E-state index is 0.230. The zero-order valence-electron chi connectivity index (χ0n) is 13.2. The third-order valence-corrected chi connectivity index (χ3v) is 5.99. The molecule has 23 heavy (non-hydrogen) atoms. The molecule has 2 aromatic rings. The van der Waals surface area contributed by atoms with Crippen molar-refractivity contribution in [3.63, 3.8) is 0 Å². The lowest BCUT2D eigenvalue weighted by Crippen LogP contribution is -2.39. The first-order valence-electron chi connectivity index (χ1n) is 7.94. The molecule has 0 saturated carbocycles. The van der Waals surface area contributed by atoms with E-state index in [1.807, 2.05) is 4.57 Å². The number of sulfonamides is 1. The third-order valence-electron chi connectivity index (χ3n) is 4.10. The molecule has 3 rings (SSSR count). The van der Waals surface area contributed by atoms with Gasteiger partial charge in [-0.15, -0.1) is 10.2 Å². The lowest BCUT2D eigenvalue weighted by Gasteiger charge is -2.34. The molecule has 0 N–H and O–H groups in total. The van der Waals surface area contributed by atoms with Crippen LogP contribution in [0.2, 0.25) is 0 Å². The Hall–Kier alpha value is -1.80. The van der Waals surface area contributed by atoms with E-state index in [1.165, 1.54) is 6.20 Å². The van der Waals surface area contributed by atoms with Crippen molar-refractivity contribution in [3.05, 3.63) is 36.7 Å². The summed E-state index contributed by atoms with van der Waals surface area (Å²) in [5, 5.41) is 8.19. The van der Waals surface area contributed by atoms with Crippen LogP contribution in [-0.4, -0.2) is 39.0 Å². The molecule has 1 atom stereocenters. The average Bonchev–Trinajstić information content (AvgIpc) is 3.04. The van der Waals surface area contributed by atoms with Gasteiger partial charge in [0.15, 0.2) is 5.82 Å². The Morgan fingerprint density at radius 2 is 2.22 bits per heavy atom. The van der Waals surface area contributed by atoms with Gasteiger partial charge in [-0.3, -0.25) is 4.98 Å². The molecule has 0 radical (unpaired) electrons. The molecule has 0 amide bonds. The van der Waals surface area contributed by atoms with Gasteiger partial charge in [0.2, 0.25) is 10.0 Å². The van der Waals surface area contributed by atoms with Crippen molar-refractivity contribution in [1.29, 1.82) is 0 Å². The number of aromatic nitrogens is 4. The summed E-state index contributed by atoms with van der Waals surface area (Å²) in [6, 6.07) is 2.97. The van der Waals surface area contributed by atoms with E-state index in [1.54, 1.807) is 29.0 Å². The zero-order valence-corrected chi connectivity index (χ0v) is 14.0. The van der Waals surface area contributed by atoms with Gasteiger partial charge < -0.3 is 4.57 Å². The van der Waals surface area contributed by atoms with Gasteiger partial charge >= 0.3 is 0 Å². The number of pyridine rings is 1. The maximum absolute atomic E-state index is 13.0. The van der Waals surface area contributed by atoms with E-state index in [0.717, 1.165) is 38.1 Å². The predicted molar refractivity (Wildman–Crippen MR) is 85.0 cm³/mol. The Bertz CT molecular complexity index is 744. The molecule has 1 saturated heterocycles. The fourth-order valence-corrected chi connectivity index (χ4v) is 4.64. The fraction of sp³-hybridized carbons (Fsp3) is 0.533. The topological polar surface area (TPSA) is 81.0 Å². The second-order valence-corrected chi connectivity index (χ2v) is 7.59. The Morgan fingerprint density at radius 3 is 2.96 bits per heavy atom. The molecule has 0 bridgehead atoms. The van der Waals surface area contributed by atoms with Crippen molar-refractivity contribution >= 4 is 10.0 Å². The lowest BCUT2D eigenvalue weighted by molar-refractivity contribution is 0.240. The molecule has 0 aliphatic carbocycles. The van der Waals surface area contributed by atoms with Crippen LogP contribution in [0.25, 0.3) is 0 Å². The molecule has 1 aliphatic rings. The van der Waals surface area contributed by atoms with Gasteiger partial charge in [0, 0.05) is 25.5 Å². The van der Waals surface area contributed by atoms with Crippen molar-refractivity contribution in [2.45, 2.75) is 50.1 Å². The molecule has 124 valence electrons. The second kappa shape index (κ2) is 6.76. The molecular formula is C15H21N5O2S. The van der Waals surface area contributed by atoms with Gasteiger partial charge in [0.25, 0.3) is 0 Å². The van der Waals surface area contributed by atoms with Crippen LogP contribution in [0.1, 0.15) is 44.5 Å². The second-order valence-electron chi connectivity index (χ2n) is 5.70. The highest BCUT2D eigenvalue weighted by Gasteiger charge is 2.36. The minimum atomic E-state index is -3.58. The van der Waals surface area contributed by atoms with Crippen molar-refractivity contribution in [1.82, 2.24) is 24.1 Å². The summed E-state index contributed by atoms with van der Waals surface area (Å²) in [7, 11) is -3.58. The summed E-state index contributed by atoms with van der Waals surface area (Å²) < 4.78 is 29.5. The van der Waals surface area contributed by atoms with Gasteiger partial charge in [-0.2, -0.15) is 4.31 Å². The van der Waals surface area contributed by atoms with Crippen molar-refractivity contribution in [2.24, 2.45) is 0 Å². The normalized spacial score (nSPS) is 19.8. The molecule has 3 heterocycles. The maximum Gasteiger partial charge on any atom is 0.245 e. The average molecular weight is 335 g/mol. The number of hydrogen-bond donors (Lipinski definition) is 0. The summed E-state index contributed by atoms with van der Waals surface area (Å²) in [6.45, 7) is 3.37. The highest BCUT2D eigenvalue weighted by Crippen LogP contribution is 2.34. The van der Waals surface area contributed by atoms with Crippen LogP contribution in [0.5, 0.6) is 0 Å². The van der Waals surface area contributed by atoms with E-state index < -0.39 is 10.0 Å². The number of hydrogen-bond acceptors (Lipinski definition) is 5. The van der Waals surface area contributed by atoms with Crippen molar-refractivity contribution < 1.29 is 8.42 Å². The van der Waals surface area contributed by atoms with E-state index in [2.05, 4.69) is 22.1 Å². The lowest BCUT2D eigenvalue weighted by atomic mass is 10.0. The monoisotopic (exact) mass is 335 g/mol. The first-order valence-corrected chi connectivity index (χ1v) is 9.38. The van der Waals surface area contributed by atoms with Crippen LogP contribution >= 0.6 is 0 Å². The van der Waals surface area contributed by atoms with E-state index in [0.29, 0.717) is 6.54 Å². The van der Waals surface area contributed by atoms with Crippen molar-refractivity contribution in [3.8, 4) is 0 Å². The summed E-state index contributed by atoms with van der Waals surface area (Å²) in [5.41, 5.74) is 0. The molecule has 1 aliphatic heterocycles. The van der Waals surface area contributed by atoms with Crippen LogP contribution in [0.3, 0.4) is 0 Å².